The van der Waals surface area contributed by atoms with Crippen LogP contribution >= 0.6 is 0 Å². The number of fused-ring (bicyclic) bond motifs is 2. The van der Waals surface area contributed by atoms with Crippen LogP contribution in [-0.2, 0) is 13.9 Å². The van der Waals surface area contributed by atoms with Gasteiger partial charge in [0.1, 0.15) is 25.5 Å². The van der Waals surface area contributed by atoms with Crippen LogP contribution in [0.3, 0.4) is 0 Å². The third-order valence-corrected chi connectivity index (χ3v) is 8.42. The molecule has 4 aromatic carbocycles. The second kappa shape index (κ2) is 7.86. The Morgan fingerprint density at radius 3 is 1.38 bits per heavy atom. The van der Waals surface area contributed by atoms with Gasteiger partial charge in [0.05, 0.1) is 12.2 Å². The van der Waals surface area contributed by atoms with Crippen molar-refractivity contribution in [1.82, 2.24) is 0 Å². The summed E-state index contributed by atoms with van der Waals surface area (Å²) in [5, 5.41) is 0. The van der Waals surface area contributed by atoms with Crippen LogP contribution in [0.2, 0.25) is 0 Å². The summed E-state index contributed by atoms with van der Waals surface area (Å²) in [6, 6.07) is 37.8. The molecule has 4 unspecified atom stereocenters. The summed E-state index contributed by atoms with van der Waals surface area (Å²) in [5.41, 5.74) is 6.62. The molecule has 4 heterocycles. The maximum absolute atomic E-state index is 7.42. The van der Waals surface area contributed by atoms with Crippen molar-refractivity contribution >= 4 is 36.7 Å². The van der Waals surface area contributed by atoms with Crippen LogP contribution in [0.1, 0.15) is 34.5 Å². The van der Waals surface area contributed by atoms with Crippen LogP contribution in [0.5, 0.6) is 0 Å². The lowest BCUT2D eigenvalue weighted by Gasteiger charge is -2.41. The molecule has 0 N–H and O–H groups in total. The van der Waals surface area contributed by atoms with Crippen molar-refractivity contribution in [2.45, 2.75) is 12.2 Å². The van der Waals surface area contributed by atoms with E-state index in [1.165, 1.54) is 0 Å². The molecule has 4 aliphatic rings. The zero-order valence-electron chi connectivity index (χ0n) is 20.4. The van der Waals surface area contributed by atoms with E-state index < -0.39 is 13.4 Å². The second-order valence-corrected chi connectivity index (χ2v) is 10.5. The average Bonchev–Trinajstić information content (AvgIpc) is 3.43. The van der Waals surface area contributed by atoms with Crippen LogP contribution in [0.25, 0.3) is 0 Å². The van der Waals surface area contributed by atoms with Crippen LogP contribution in [0.4, 0.5) is 0 Å². The third-order valence-electron chi connectivity index (χ3n) is 8.42. The summed E-state index contributed by atoms with van der Waals surface area (Å²) in [5.74, 6) is 0. The van der Waals surface area contributed by atoms with Gasteiger partial charge in [-0.05, 0) is 11.1 Å². The van der Waals surface area contributed by atoms with E-state index in [0.29, 0.717) is 13.1 Å². The van der Waals surface area contributed by atoms with E-state index in [9.17, 15) is 0 Å². The van der Waals surface area contributed by atoms with Gasteiger partial charge in [-0.1, -0.05) is 120 Å². The van der Waals surface area contributed by atoms with Gasteiger partial charge in [0, 0.05) is 11.1 Å². The van der Waals surface area contributed by atoms with E-state index in [1.54, 1.807) is 0 Å². The molecule has 0 aromatic heterocycles. The molecule has 7 heteroatoms. The monoisotopic (exact) mass is 484 g/mol. The van der Waals surface area contributed by atoms with E-state index in [2.05, 4.69) is 118 Å². The molecule has 2 fully saturated rings. The molecular weight excluding hydrogens is 458 g/mol. The lowest BCUT2D eigenvalue weighted by atomic mass is 9.55. The van der Waals surface area contributed by atoms with E-state index in [0.717, 1.165) is 33.2 Å². The van der Waals surface area contributed by atoms with Crippen LogP contribution in [0, 0.1) is 0 Å². The highest BCUT2D eigenvalue weighted by atomic mass is 16.7. The van der Waals surface area contributed by atoms with E-state index >= 15 is 0 Å². The minimum Gasteiger partial charge on any atom is -0.642 e. The van der Waals surface area contributed by atoms with E-state index in [1.807, 2.05) is 12.1 Å². The highest BCUT2D eigenvalue weighted by Crippen LogP contribution is 2.40. The predicted molar refractivity (Wildman–Crippen MR) is 146 cm³/mol. The summed E-state index contributed by atoms with van der Waals surface area (Å²) >= 11 is 0. The smallest absolute Gasteiger partial charge is 0.537 e. The minimum absolute atomic E-state index is 0.124. The largest absolute Gasteiger partial charge is 0.642 e. The Morgan fingerprint density at radius 1 is 0.514 bits per heavy atom. The molecule has 2 spiro atoms. The second-order valence-electron chi connectivity index (χ2n) is 10.5. The first-order valence-electron chi connectivity index (χ1n) is 13.1. The quantitative estimate of drug-likeness (QED) is 0.411. The van der Waals surface area contributed by atoms with Crippen LogP contribution in [0.15, 0.2) is 109 Å². The zero-order valence-corrected chi connectivity index (χ0v) is 20.4. The molecule has 5 nitrogen and oxygen atoms in total. The summed E-state index contributed by atoms with van der Waals surface area (Å²) in [6.07, 6.45) is 4.21. The van der Waals surface area contributed by atoms with Crippen LogP contribution < -0.4 is 10.9 Å². The third kappa shape index (κ3) is 3.05. The Kier molecular flexibility index (Phi) is 4.53. The van der Waals surface area contributed by atoms with Crippen molar-refractivity contribution < 1.29 is 22.9 Å². The van der Waals surface area contributed by atoms with Gasteiger partial charge in [-0.3, -0.25) is 0 Å². The van der Waals surface area contributed by atoms with Gasteiger partial charge in [-0.25, -0.2) is 0 Å². The topological polar surface area (TPSA) is 33.7 Å². The highest BCUT2D eigenvalue weighted by molar-refractivity contribution is 6.89. The first kappa shape index (κ1) is 21.3. The molecule has 0 amide bonds. The molecule has 0 saturated carbocycles. The Bertz CT molecular complexity index is 1470. The molecule has 2 saturated heterocycles. The normalized spacial score (nSPS) is 29.1. The molecular formula is C30H26B2N2O3. The molecule has 0 radical (unpaired) electrons. The SMILES string of the molecule is C1=[N+]2CC(c3ccccc3)O[B-]23O[B-]2(OC(c4ccccc4)C[N+]2=Cc2ccccc23)c2ccccc21. The standard InChI is InChI=1S/C30H26B2N2O3/c1-3-11-23(12-4-1)29-21-33-19-25-15-8-10-18-28(25)32-34(22-30(36-32)24-13-5-2-6-14-24)20-26-16-7-9-17-27(26)31(33,35-29)37-32/h1-20,29-30H,21-22H2. The van der Waals surface area contributed by atoms with Gasteiger partial charge in [-0.15, -0.1) is 0 Å². The summed E-state index contributed by atoms with van der Waals surface area (Å²) in [7, 11) is 0. The van der Waals surface area contributed by atoms with Crippen LogP contribution in [-0.4, -0.2) is 47.9 Å². The fraction of sp³-hybridized carbons (Fsp3) is 0.133. The minimum atomic E-state index is -2.05. The van der Waals surface area contributed by atoms with Gasteiger partial charge >= 0.3 is 13.4 Å². The fourth-order valence-electron chi connectivity index (χ4n) is 6.75. The summed E-state index contributed by atoms with van der Waals surface area (Å²) < 4.78 is 26.2. The Morgan fingerprint density at radius 2 is 0.919 bits per heavy atom. The van der Waals surface area contributed by atoms with Crippen molar-refractivity contribution in [2.75, 3.05) is 13.1 Å². The molecule has 0 aliphatic carbocycles. The Labute approximate surface area is 216 Å². The predicted octanol–water partition coefficient (Wildman–Crippen LogP) is 3.13. The first-order chi connectivity index (χ1) is 18.3. The van der Waals surface area contributed by atoms with E-state index in [-0.39, 0.29) is 12.2 Å². The first-order valence-corrected chi connectivity index (χ1v) is 13.1. The lowest BCUT2D eigenvalue weighted by Crippen LogP contribution is -2.69. The number of hydrogen-bond donors (Lipinski definition) is 0. The summed E-state index contributed by atoms with van der Waals surface area (Å²) in [4.78, 5) is 0. The highest BCUT2D eigenvalue weighted by Gasteiger charge is 2.64. The van der Waals surface area contributed by atoms with Gasteiger partial charge in [0.25, 0.3) is 0 Å². The lowest BCUT2D eigenvalue weighted by molar-refractivity contribution is -0.415. The van der Waals surface area contributed by atoms with Crippen molar-refractivity contribution in [2.24, 2.45) is 0 Å². The van der Waals surface area contributed by atoms with Gasteiger partial charge in [0.15, 0.2) is 0 Å². The van der Waals surface area contributed by atoms with Crippen molar-refractivity contribution in [3.8, 4) is 0 Å². The van der Waals surface area contributed by atoms with E-state index in [4.69, 9.17) is 13.9 Å². The van der Waals surface area contributed by atoms with Crippen molar-refractivity contribution in [1.29, 1.82) is 0 Å². The molecule has 4 aliphatic heterocycles. The number of nitrogens with zero attached hydrogens (tertiary/aromatic N) is 2. The van der Waals surface area contributed by atoms with Gasteiger partial charge in [0.2, 0.25) is 0 Å². The van der Waals surface area contributed by atoms with Gasteiger partial charge < -0.3 is 22.9 Å². The van der Waals surface area contributed by atoms with Crippen molar-refractivity contribution in [3.63, 3.8) is 0 Å². The molecule has 4 aromatic rings. The number of benzene rings is 4. The van der Waals surface area contributed by atoms with Crippen molar-refractivity contribution in [3.05, 3.63) is 131 Å². The summed E-state index contributed by atoms with van der Waals surface area (Å²) in [6.45, 7) is -2.72. The Balaban J connectivity index is 1.38. The molecule has 2 bridgehead atoms. The van der Waals surface area contributed by atoms with Gasteiger partial charge in [-0.2, -0.15) is 0 Å². The average molecular weight is 484 g/mol. The fourth-order valence-corrected chi connectivity index (χ4v) is 6.75. The molecule has 37 heavy (non-hydrogen) atoms. The number of hydrogen-bond acceptors (Lipinski definition) is 3. The number of rotatable bonds is 2. The molecule has 180 valence electrons. The molecule has 4 atom stereocenters. The Hall–Kier alpha value is -3.77. The molecule has 8 rings (SSSR count). The zero-order chi connectivity index (χ0) is 24.5. The maximum Gasteiger partial charge on any atom is 0.537 e. The maximum atomic E-state index is 7.42.